The molecule has 0 fully saturated rings. The van der Waals surface area contributed by atoms with Crippen molar-refractivity contribution in [2.75, 3.05) is 70.3 Å². The predicted octanol–water partition coefficient (Wildman–Crippen LogP) is 7.14. The van der Waals surface area contributed by atoms with Crippen LogP contribution in [0.2, 0.25) is 5.02 Å². The average Bonchev–Trinajstić information content (AvgIpc) is 3.44. The number of anilines is 11. The maximum Gasteiger partial charge on any atom is 0.255 e. The molecule has 428 valence electrons. The molecule has 6 aromatic carbocycles. The lowest BCUT2D eigenvalue weighted by Gasteiger charge is -2.15. The highest BCUT2D eigenvalue weighted by Crippen LogP contribution is 2.30. The van der Waals surface area contributed by atoms with Crippen molar-refractivity contribution in [2.24, 2.45) is 14.1 Å². The summed E-state index contributed by atoms with van der Waals surface area (Å²) in [7, 11) is 12.0. The molecular weight excluding hydrogens is 1100 g/mol. The number of aryl methyl sites for hydroxylation is 2. The highest BCUT2D eigenvalue weighted by atomic mass is 35.5. The zero-order valence-electron chi connectivity index (χ0n) is 44.6. The second-order valence-electron chi connectivity index (χ2n) is 18.1. The second-order valence-corrected chi connectivity index (χ2v) is 18.5. The van der Waals surface area contributed by atoms with Crippen molar-refractivity contribution in [3.8, 4) is 0 Å². The van der Waals surface area contributed by atoms with Gasteiger partial charge in [0.25, 0.3) is 11.8 Å². The van der Waals surface area contributed by atoms with Crippen LogP contribution in [0, 0.1) is 0 Å². The number of carbonyl (C=O) groups excluding carboxylic acids is 2. The van der Waals surface area contributed by atoms with Crippen LogP contribution in [0.3, 0.4) is 0 Å². The van der Waals surface area contributed by atoms with Crippen LogP contribution in [0.1, 0.15) is 35.6 Å². The van der Waals surface area contributed by atoms with Gasteiger partial charge in [0.1, 0.15) is 14.1 Å². The van der Waals surface area contributed by atoms with Gasteiger partial charge in [0.15, 0.2) is 24.8 Å². The summed E-state index contributed by atoms with van der Waals surface area (Å²) in [4.78, 5) is 38.0. The van der Waals surface area contributed by atoms with Gasteiger partial charge in [-0.15, -0.1) is 0 Å². The van der Waals surface area contributed by atoms with E-state index in [2.05, 4.69) is 58.6 Å². The first kappa shape index (κ1) is 67.2. The molecule has 0 atom stereocenters. The van der Waals surface area contributed by atoms with E-state index in [1.54, 1.807) is 36.7 Å². The number of hydrogen-bond acceptors (Lipinski definition) is 13. The van der Waals surface area contributed by atoms with Gasteiger partial charge < -0.3 is 66.9 Å². The highest BCUT2D eigenvalue weighted by molar-refractivity contribution is 6.35. The van der Waals surface area contributed by atoms with Gasteiger partial charge in [-0.25, -0.2) is 19.6 Å². The lowest BCUT2D eigenvalue weighted by molar-refractivity contribution is -0.671. The molecule has 2 amide bonds. The SMILES string of the molecule is C.C.CN(C)c1ccc2nccc(Cl)c2c1.CN(C)c1ccc2nccc(Nc3ccc(C(=O)Nc4cccc(Nc5cc[n+](C)cc5)c4)cc3)c2c1.C[n+]1ccc(Nc2cccc(NC(=O)c3ccc(N)cc3)c2)cc1.OOO.[Cl-].[Cl-]. The van der Waals surface area contributed by atoms with Crippen molar-refractivity contribution >= 4 is 108 Å². The van der Waals surface area contributed by atoms with E-state index >= 15 is 0 Å². The van der Waals surface area contributed by atoms with Gasteiger partial charge in [-0.3, -0.25) is 19.6 Å². The Morgan fingerprint density at radius 1 is 0.500 bits per heavy atom. The summed E-state index contributed by atoms with van der Waals surface area (Å²) in [6.07, 6.45) is 11.4. The fraction of sp³-hybridized carbons (Fsp3) is 0.129. The molecule has 0 spiro atoms. The smallest absolute Gasteiger partial charge is 0.255 e. The number of hydrogen-bond donors (Lipinski definition) is 8. The molecule has 82 heavy (non-hydrogen) atoms. The van der Waals surface area contributed by atoms with E-state index in [9.17, 15) is 9.59 Å². The zero-order valence-corrected chi connectivity index (χ0v) is 46.9. The molecule has 0 unspecified atom stereocenters. The van der Waals surface area contributed by atoms with E-state index < -0.39 is 0 Å². The Morgan fingerprint density at radius 2 is 0.890 bits per heavy atom. The molecular formula is C62H69Cl3N12O5. The third-order valence-corrected chi connectivity index (χ3v) is 12.1. The molecule has 4 heterocycles. The topological polar surface area (TPSA) is 210 Å². The van der Waals surface area contributed by atoms with E-state index in [0.29, 0.717) is 16.8 Å². The Kier molecular flexibility index (Phi) is 26.9. The number of halogens is 3. The van der Waals surface area contributed by atoms with Crippen molar-refractivity contribution in [1.29, 1.82) is 0 Å². The van der Waals surface area contributed by atoms with Crippen LogP contribution < -0.4 is 76.1 Å². The molecule has 10 aromatic rings. The molecule has 0 bridgehead atoms. The van der Waals surface area contributed by atoms with Crippen LogP contribution in [-0.2, 0) is 19.1 Å². The van der Waals surface area contributed by atoms with Crippen LogP contribution in [0.15, 0.2) is 207 Å². The zero-order chi connectivity index (χ0) is 55.6. The number of amides is 2. The number of pyridine rings is 4. The van der Waals surface area contributed by atoms with Gasteiger partial charge in [-0.2, -0.15) is 0 Å². The summed E-state index contributed by atoms with van der Waals surface area (Å²) in [6.45, 7) is 0. The summed E-state index contributed by atoms with van der Waals surface area (Å²) < 4.78 is 3.94. The molecule has 10 rings (SSSR count). The molecule has 17 nitrogen and oxygen atoms in total. The molecule has 0 saturated heterocycles. The average molecular weight is 1170 g/mol. The molecule has 0 aliphatic carbocycles. The van der Waals surface area contributed by atoms with Crippen LogP contribution in [0.4, 0.5) is 62.6 Å². The summed E-state index contributed by atoms with van der Waals surface area (Å²) in [6, 6.07) is 53.5. The Labute approximate surface area is 496 Å². The number of nitrogens with one attached hydrogen (secondary N) is 5. The number of fused-ring (bicyclic) bond motifs is 2. The Balaban J connectivity index is 0.000000337. The van der Waals surface area contributed by atoms with Crippen molar-refractivity contribution < 1.29 is 59.1 Å². The quantitative estimate of drug-likeness (QED) is 0.0265. The maximum absolute atomic E-state index is 12.9. The molecule has 0 saturated carbocycles. The minimum Gasteiger partial charge on any atom is -1.00 e. The van der Waals surface area contributed by atoms with E-state index in [1.807, 2.05) is 215 Å². The minimum absolute atomic E-state index is 0. The van der Waals surface area contributed by atoms with E-state index in [1.165, 1.54) is 0 Å². The molecule has 9 N–H and O–H groups in total. The van der Waals surface area contributed by atoms with Gasteiger partial charge in [0.05, 0.1) is 27.4 Å². The minimum atomic E-state index is -0.168. The summed E-state index contributed by atoms with van der Waals surface area (Å²) in [5, 5.41) is 34.3. The molecule has 0 aliphatic heterocycles. The van der Waals surface area contributed by atoms with E-state index in [0.717, 1.165) is 83.7 Å². The van der Waals surface area contributed by atoms with Gasteiger partial charge in [-0.05, 0) is 133 Å². The largest absolute Gasteiger partial charge is 1.00 e. The van der Waals surface area contributed by atoms with Gasteiger partial charge in [0.2, 0.25) is 0 Å². The second kappa shape index (κ2) is 32.9. The Bertz CT molecular complexity index is 3600. The number of nitrogens with zero attached hydrogens (tertiary/aromatic N) is 6. The van der Waals surface area contributed by atoms with E-state index in [4.69, 9.17) is 27.8 Å². The van der Waals surface area contributed by atoms with Gasteiger partial charge in [0, 0.05) is 138 Å². The molecule has 0 radical (unpaired) electrons. The number of nitrogens with two attached hydrogens (primary N) is 1. The summed E-state index contributed by atoms with van der Waals surface area (Å²) >= 11 is 6.08. The van der Waals surface area contributed by atoms with E-state index in [-0.39, 0.29) is 51.5 Å². The lowest BCUT2D eigenvalue weighted by atomic mass is 10.1. The normalized spacial score (nSPS) is 9.82. The lowest BCUT2D eigenvalue weighted by Crippen LogP contribution is -3.00. The van der Waals surface area contributed by atoms with Crippen molar-refractivity contribution in [1.82, 2.24) is 9.97 Å². The molecule has 20 heteroatoms. The fourth-order valence-electron chi connectivity index (χ4n) is 7.65. The summed E-state index contributed by atoms with van der Waals surface area (Å²) in [5.74, 6) is -0.334. The van der Waals surface area contributed by atoms with Crippen LogP contribution in [-0.4, -0.2) is 60.5 Å². The first-order chi connectivity index (χ1) is 37.6. The van der Waals surface area contributed by atoms with Crippen molar-refractivity contribution in [3.63, 3.8) is 0 Å². The first-order valence-electron chi connectivity index (χ1n) is 24.4. The van der Waals surface area contributed by atoms with Gasteiger partial charge >= 0.3 is 0 Å². The third-order valence-electron chi connectivity index (χ3n) is 11.8. The van der Waals surface area contributed by atoms with Crippen LogP contribution >= 0.6 is 11.6 Å². The monoisotopic (exact) mass is 1170 g/mol. The van der Waals surface area contributed by atoms with Gasteiger partial charge in [-0.1, -0.05) is 43.6 Å². The summed E-state index contributed by atoms with van der Waals surface area (Å²) in [5.41, 5.74) is 18.6. The van der Waals surface area contributed by atoms with Crippen LogP contribution in [0.25, 0.3) is 21.8 Å². The standard InChI is InChI=1S/C30H28N6O.C19H18N4O.C11H11ClN2.2CH4.2ClH.H2O3/c1-35(2)26-11-12-28-27(20-26)29(13-16-31-28)33-22-9-7-21(8-10-22)30(37)34-25-6-4-5-24(19-25)32-23-14-17-36(3)18-15-23;1-23-11-9-16(10-12-23)21-17-3-2-4-18(13-17)22-19(24)14-5-7-15(20)8-6-14;1-14(2)8-3-4-11-9(7-8)10(12)5-6-13-11;;;;;1-3-2/h4-20H,1-3H3,(H2,31,33,34,37);2-13H,1H3,(H3,20,22,24);3-7H,1-2H3;2*1H4;2*1H;1-2H. The van der Waals surface area contributed by atoms with Crippen LogP contribution in [0.5, 0.6) is 0 Å². The Morgan fingerprint density at radius 3 is 1.34 bits per heavy atom. The number of aromatic nitrogens is 4. The third kappa shape index (κ3) is 19.6. The number of benzene rings is 6. The Hall–Kier alpha value is -9.07. The van der Waals surface area contributed by atoms with Crippen molar-refractivity contribution in [3.05, 3.63) is 223 Å². The number of nitrogen functional groups attached to an aromatic ring is 1. The molecule has 4 aromatic heterocycles. The van der Waals surface area contributed by atoms with Crippen molar-refractivity contribution in [2.45, 2.75) is 14.9 Å². The number of carbonyl (C=O) groups is 2. The first-order valence-corrected chi connectivity index (χ1v) is 24.7. The fourth-order valence-corrected chi connectivity index (χ4v) is 7.86. The highest BCUT2D eigenvalue weighted by Gasteiger charge is 2.11. The maximum atomic E-state index is 12.9. The predicted molar refractivity (Wildman–Crippen MR) is 328 cm³/mol. The molecule has 0 aliphatic rings. The number of rotatable bonds is 12.